The summed E-state index contributed by atoms with van der Waals surface area (Å²) in [6, 6.07) is 4.95. The average molecular weight is 303 g/mol. The molecule has 2 heterocycles. The summed E-state index contributed by atoms with van der Waals surface area (Å²) < 4.78 is 1.34. The van der Waals surface area contributed by atoms with Crippen LogP contribution in [0.5, 0.6) is 0 Å². The number of carbonyl (C=O) groups is 1. The van der Waals surface area contributed by atoms with E-state index in [4.69, 9.17) is 5.11 Å². The largest absolute Gasteiger partial charge is 0.396 e. The van der Waals surface area contributed by atoms with Gasteiger partial charge in [-0.05, 0) is 24.0 Å². The second-order valence-electron chi connectivity index (χ2n) is 6.31. The standard InChI is InChI=1S/C16H21N3O3/c1-16(2,3)12(7-9-20)18-14(21)11-10-17-13-6-4-5-8-19(13)15(11)22/h4-6,8,10,12,20H,7,9H2,1-3H3,(H,18,21). The van der Waals surface area contributed by atoms with E-state index in [2.05, 4.69) is 10.3 Å². The van der Waals surface area contributed by atoms with Gasteiger partial charge in [-0.25, -0.2) is 4.98 Å². The molecular weight excluding hydrogens is 282 g/mol. The fraction of sp³-hybridized carbons (Fsp3) is 0.438. The molecule has 22 heavy (non-hydrogen) atoms. The lowest BCUT2D eigenvalue weighted by molar-refractivity contribution is 0.0883. The topological polar surface area (TPSA) is 83.7 Å². The molecule has 2 rings (SSSR count). The van der Waals surface area contributed by atoms with Gasteiger partial charge in [-0.3, -0.25) is 14.0 Å². The van der Waals surface area contributed by atoms with Crippen molar-refractivity contribution < 1.29 is 9.90 Å². The van der Waals surface area contributed by atoms with Gasteiger partial charge in [-0.2, -0.15) is 0 Å². The van der Waals surface area contributed by atoms with Crippen LogP contribution in [-0.4, -0.2) is 33.0 Å². The molecule has 6 nitrogen and oxygen atoms in total. The number of hydrogen-bond donors (Lipinski definition) is 2. The molecule has 0 bridgehead atoms. The summed E-state index contributed by atoms with van der Waals surface area (Å²) in [7, 11) is 0. The number of pyridine rings is 1. The summed E-state index contributed by atoms with van der Waals surface area (Å²) in [5.41, 5.74) is -0.138. The SMILES string of the molecule is CC(C)(C)C(CCO)NC(=O)c1cnc2ccccn2c1=O. The normalized spacial score (nSPS) is 13.1. The van der Waals surface area contributed by atoms with E-state index in [0.717, 1.165) is 0 Å². The van der Waals surface area contributed by atoms with Gasteiger partial charge in [0.25, 0.3) is 11.5 Å². The second kappa shape index (κ2) is 6.27. The zero-order chi connectivity index (χ0) is 16.3. The molecule has 1 atom stereocenters. The van der Waals surface area contributed by atoms with Crippen LogP contribution in [0.2, 0.25) is 0 Å². The first-order valence-corrected chi connectivity index (χ1v) is 7.22. The molecule has 0 spiro atoms. The molecule has 118 valence electrons. The van der Waals surface area contributed by atoms with E-state index in [9.17, 15) is 9.59 Å². The molecule has 0 saturated heterocycles. The lowest BCUT2D eigenvalue weighted by Crippen LogP contribution is -2.45. The Morgan fingerprint density at radius 1 is 1.41 bits per heavy atom. The zero-order valence-corrected chi connectivity index (χ0v) is 13.0. The Morgan fingerprint density at radius 3 is 2.77 bits per heavy atom. The molecule has 0 aromatic carbocycles. The highest BCUT2D eigenvalue weighted by molar-refractivity contribution is 5.94. The monoisotopic (exact) mass is 303 g/mol. The van der Waals surface area contributed by atoms with Crippen molar-refractivity contribution in [2.45, 2.75) is 33.2 Å². The lowest BCUT2D eigenvalue weighted by Gasteiger charge is -2.31. The number of amides is 1. The Kier molecular flexibility index (Phi) is 4.61. The number of aromatic nitrogens is 2. The van der Waals surface area contributed by atoms with Crippen LogP contribution in [0, 0.1) is 5.41 Å². The predicted octanol–water partition coefficient (Wildman–Crippen LogP) is 1.22. The number of carbonyl (C=O) groups excluding carboxylic acids is 1. The fourth-order valence-electron chi connectivity index (χ4n) is 2.27. The van der Waals surface area contributed by atoms with Crippen LogP contribution < -0.4 is 10.9 Å². The van der Waals surface area contributed by atoms with Gasteiger partial charge in [0.15, 0.2) is 0 Å². The van der Waals surface area contributed by atoms with Crippen LogP contribution in [0.1, 0.15) is 37.6 Å². The molecule has 0 saturated carbocycles. The van der Waals surface area contributed by atoms with Crippen LogP contribution in [0.4, 0.5) is 0 Å². The third-order valence-electron chi connectivity index (χ3n) is 3.63. The Morgan fingerprint density at radius 2 is 2.14 bits per heavy atom. The fourth-order valence-corrected chi connectivity index (χ4v) is 2.27. The van der Waals surface area contributed by atoms with Crippen molar-refractivity contribution in [2.24, 2.45) is 5.41 Å². The number of rotatable bonds is 4. The molecule has 0 aliphatic carbocycles. The van der Waals surface area contributed by atoms with Gasteiger partial charge in [-0.1, -0.05) is 26.8 Å². The van der Waals surface area contributed by atoms with Gasteiger partial charge < -0.3 is 10.4 Å². The lowest BCUT2D eigenvalue weighted by atomic mass is 9.85. The first-order valence-electron chi connectivity index (χ1n) is 7.22. The van der Waals surface area contributed by atoms with Gasteiger partial charge in [0.05, 0.1) is 0 Å². The number of nitrogens with zero attached hydrogens (tertiary/aromatic N) is 2. The minimum absolute atomic E-state index is 0.00381. The molecule has 0 aliphatic heterocycles. The van der Waals surface area contributed by atoms with Crippen LogP contribution in [0.15, 0.2) is 35.4 Å². The van der Waals surface area contributed by atoms with E-state index < -0.39 is 11.5 Å². The Balaban J connectivity index is 2.33. The zero-order valence-electron chi connectivity index (χ0n) is 13.0. The molecule has 2 N–H and O–H groups in total. The number of nitrogens with one attached hydrogen (secondary N) is 1. The van der Waals surface area contributed by atoms with E-state index in [1.54, 1.807) is 24.4 Å². The molecule has 2 aromatic heterocycles. The highest BCUT2D eigenvalue weighted by atomic mass is 16.3. The van der Waals surface area contributed by atoms with Gasteiger partial charge in [-0.15, -0.1) is 0 Å². The number of aliphatic hydroxyl groups excluding tert-OH is 1. The summed E-state index contributed by atoms with van der Waals surface area (Å²) in [6.45, 7) is 5.88. The minimum Gasteiger partial charge on any atom is -0.396 e. The molecule has 0 fully saturated rings. The molecule has 2 aromatic rings. The minimum atomic E-state index is -0.468. The summed E-state index contributed by atoms with van der Waals surface area (Å²) in [5.74, 6) is -0.468. The molecule has 1 amide bonds. The average Bonchev–Trinajstić information content (AvgIpc) is 2.46. The maximum atomic E-state index is 12.4. The van der Waals surface area contributed by atoms with Gasteiger partial charge in [0.2, 0.25) is 0 Å². The third-order valence-corrected chi connectivity index (χ3v) is 3.63. The Labute approximate surface area is 128 Å². The predicted molar refractivity (Wildman–Crippen MR) is 83.9 cm³/mol. The van der Waals surface area contributed by atoms with Gasteiger partial charge >= 0.3 is 0 Å². The molecule has 6 heteroatoms. The van der Waals surface area contributed by atoms with Crippen molar-refractivity contribution in [3.63, 3.8) is 0 Å². The Bertz CT molecular complexity index is 731. The second-order valence-corrected chi connectivity index (χ2v) is 6.31. The molecule has 0 aliphatic rings. The quantitative estimate of drug-likeness (QED) is 0.889. The third kappa shape index (κ3) is 3.33. The van der Waals surface area contributed by atoms with Crippen LogP contribution >= 0.6 is 0 Å². The smallest absolute Gasteiger partial charge is 0.270 e. The summed E-state index contributed by atoms with van der Waals surface area (Å²) >= 11 is 0. The van der Waals surface area contributed by atoms with Gasteiger partial charge in [0, 0.05) is 25.0 Å². The van der Waals surface area contributed by atoms with Crippen molar-refractivity contribution in [1.29, 1.82) is 0 Å². The molecular formula is C16H21N3O3. The first kappa shape index (κ1) is 16.2. The van der Waals surface area contributed by atoms with Gasteiger partial charge in [0.1, 0.15) is 11.2 Å². The number of hydrogen-bond acceptors (Lipinski definition) is 4. The van der Waals surface area contributed by atoms with Crippen LogP contribution in [-0.2, 0) is 0 Å². The van der Waals surface area contributed by atoms with Crippen molar-refractivity contribution in [3.8, 4) is 0 Å². The highest BCUT2D eigenvalue weighted by Gasteiger charge is 2.27. The van der Waals surface area contributed by atoms with Crippen molar-refractivity contribution in [3.05, 3.63) is 46.5 Å². The van der Waals surface area contributed by atoms with E-state index >= 15 is 0 Å². The Hall–Kier alpha value is -2.21. The van der Waals surface area contributed by atoms with Crippen LogP contribution in [0.25, 0.3) is 5.65 Å². The first-order chi connectivity index (χ1) is 10.3. The summed E-state index contributed by atoms with van der Waals surface area (Å²) in [6.07, 6.45) is 3.31. The van der Waals surface area contributed by atoms with E-state index in [0.29, 0.717) is 12.1 Å². The van der Waals surface area contributed by atoms with Crippen molar-refractivity contribution in [2.75, 3.05) is 6.61 Å². The van der Waals surface area contributed by atoms with Crippen molar-refractivity contribution >= 4 is 11.6 Å². The summed E-state index contributed by atoms with van der Waals surface area (Å²) in [5, 5.41) is 12.0. The molecule has 1 unspecified atom stereocenters. The maximum absolute atomic E-state index is 12.4. The number of fused-ring (bicyclic) bond motifs is 1. The molecule has 0 radical (unpaired) electrons. The summed E-state index contributed by atoms with van der Waals surface area (Å²) in [4.78, 5) is 28.9. The van der Waals surface area contributed by atoms with Crippen LogP contribution in [0.3, 0.4) is 0 Å². The van der Waals surface area contributed by atoms with E-state index in [1.165, 1.54) is 10.6 Å². The van der Waals surface area contributed by atoms with E-state index in [-0.39, 0.29) is 23.6 Å². The maximum Gasteiger partial charge on any atom is 0.270 e. The van der Waals surface area contributed by atoms with Crippen molar-refractivity contribution in [1.82, 2.24) is 14.7 Å². The number of aliphatic hydroxyl groups is 1. The van der Waals surface area contributed by atoms with E-state index in [1.807, 2.05) is 20.8 Å². The highest BCUT2D eigenvalue weighted by Crippen LogP contribution is 2.21.